The number of carbonyl (C=O) groups excluding carboxylic acids is 1. The number of hydrogen-bond donors (Lipinski definition) is 1. The van der Waals surface area contributed by atoms with Gasteiger partial charge in [-0.3, -0.25) is 4.79 Å². The summed E-state index contributed by atoms with van der Waals surface area (Å²) in [5, 5.41) is 2.70. The lowest BCUT2D eigenvalue weighted by Crippen LogP contribution is -2.32. The van der Waals surface area contributed by atoms with Crippen LogP contribution >= 0.6 is 0 Å². The molecule has 0 atom stereocenters. The van der Waals surface area contributed by atoms with E-state index in [9.17, 15) is 13.2 Å². The maximum Gasteiger partial charge on any atom is 0.243 e. The third-order valence-electron chi connectivity index (χ3n) is 3.04. The molecule has 0 saturated carbocycles. The fourth-order valence-corrected chi connectivity index (χ4v) is 3.58. The molecule has 118 valence electrons. The van der Waals surface area contributed by atoms with Crippen LogP contribution < -0.4 is 5.32 Å². The minimum absolute atomic E-state index is 0.0933. The molecule has 1 aromatic carbocycles. The van der Waals surface area contributed by atoms with Crippen LogP contribution in [0.1, 0.15) is 40.0 Å². The van der Waals surface area contributed by atoms with E-state index in [1.54, 1.807) is 31.2 Å². The predicted octanol–water partition coefficient (Wildman–Crippen LogP) is 2.85. The topological polar surface area (TPSA) is 66.5 Å². The first-order valence-electron chi connectivity index (χ1n) is 7.35. The van der Waals surface area contributed by atoms with E-state index in [1.807, 2.05) is 13.8 Å². The number of sulfonamides is 1. The molecule has 0 spiro atoms. The monoisotopic (exact) mass is 312 g/mol. The van der Waals surface area contributed by atoms with Gasteiger partial charge in [0.05, 0.1) is 4.90 Å². The summed E-state index contributed by atoms with van der Waals surface area (Å²) in [5.74, 6) is -0.0933. The van der Waals surface area contributed by atoms with Gasteiger partial charge in [-0.25, -0.2) is 8.42 Å². The average molecular weight is 312 g/mol. The molecule has 1 amide bonds. The van der Waals surface area contributed by atoms with Gasteiger partial charge in [0.25, 0.3) is 0 Å². The Morgan fingerprint density at radius 2 is 1.57 bits per heavy atom. The van der Waals surface area contributed by atoms with Crippen molar-refractivity contribution < 1.29 is 13.2 Å². The number of anilines is 1. The van der Waals surface area contributed by atoms with E-state index in [2.05, 4.69) is 5.32 Å². The molecule has 0 radical (unpaired) electrons. The molecular weight excluding hydrogens is 288 g/mol. The Bertz CT molecular complexity index is 547. The Labute approximate surface area is 127 Å². The SMILES string of the molecule is CCCN(CCC)S(=O)(=O)c1ccc(NC(=O)CC)cc1. The molecule has 1 aromatic rings. The molecule has 5 nitrogen and oxygen atoms in total. The Kier molecular flexibility index (Phi) is 6.84. The quantitative estimate of drug-likeness (QED) is 0.802. The highest BCUT2D eigenvalue weighted by atomic mass is 32.2. The van der Waals surface area contributed by atoms with Crippen molar-refractivity contribution in [2.75, 3.05) is 18.4 Å². The summed E-state index contributed by atoms with van der Waals surface area (Å²) in [7, 11) is -3.46. The van der Waals surface area contributed by atoms with Gasteiger partial charge < -0.3 is 5.32 Å². The van der Waals surface area contributed by atoms with Crippen molar-refractivity contribution in [2.45, 2.75) is 44.9 Å². The van der Waals surface area contributed by atoms with Gasteiger partial charge in [0, 0.05) is 25.2 Å². The average Bonchev–Trinajstić information content (AvgIpc) is 2.47. The Hall–Kier alpha value is -1.40. The third-order valence-corrected chi connectivity index (χ3v) is 4.96. The van der Waals surface area contributed by atoms with Gasteiger partial charge in [-0.05, 0) is 37.1 Å². The number of carbonyl (C=O) groups is 1. The number of hydrogen-bond acceptors (Lipinski definition) is 3. The largest absolute Gasteiger partial charge is 0.326 e. The highest BCUT2D eigenvalue weighted by molar-refractivity contribution is 7.89. The van der Waals surface area contributed by atoms with Gasteiger partial charge in [-0.15, -0.1) is 0 Å². The summed E-state index contributed by atoms with van der Waals surface area (Å²) in [6.07, 6.45) is 1.95. The molecule has 0 aromatic heterocycles. The molecule has 6 heteroatoms. The Morgan fingerprint density at radius 1 is 1.05 bits per heavy atom. The summed E-state index contributed by atoms with van der Waals surface area (Å²) in [6.45, 7) is 6.72. The first kappa shape index (κ1) is 17.7. The maximum absolute atomic E-state index is 12.5. The van der Waals surface area contributed by atoms with E-state index < -0.39 is 10.0 Å². The van der Waals surface area contributed by atoms with E-state index in [0.717, 1.165) is 12.8 Å². The van der Waals surface area contributed by atoms with Crippen LogP contribution in [0, 0.1) is 0 Å². The van der Waals surface area contributed by atoms with Crippen LogP contribution in [-0.4, -0.2) is 31.7 Å². The van der Waals surface area contributed by atoms with Crippen LogP contribution in [0.25, 0.3) is 0 Å². The Balaban J connectivity index is 2.95. The van der Waals surface area contributed by atoms with Gasteiger partial charge in [-0.1, -0.05) is 20.8 Å². The first-order chi connectivity index (χ1) is 9.95. The fourth-order valence-electron chi connectivity index (χ4n) is 1.96. The molecule has 0 fully saturated rings. The normalized spacial score (nSPS) is 11.6. The molecule has 0 bridgehead atoms. The highest BCUT2D eigenvalue weighted by Crippen LogP contribution is 2.19. The maximum atomic E-state index is 12.5. The molecule has 0 aliphatic heterocycles. The second kappa shape index (κ2) is 8.14. The van der Waals surface area contributed by atoms with Crippen molar-refractivity contribution in [3.63, 3.8) is 0 Å². The van der Waals surface area contributed by atoms with Gasteiger partial charge in [-0.2, -0.15) is 4.31 Å². The zero-order valence-electron chi connectivity index (χ0n) is 12.9. The van der Waals surface area contributed by atoms with Crippen LogP contribution in [-0.2, 0) is 14.8 Å². The van der Waals surface area contributed by atoms with Crippen LogP contribution in [0.3, 0.4) is 0 Å². The molecule has 21 heavy (non-hydrogen) atoms. The third kappa shape index (κ3) is 4.82. The lowest BCUT2D eigenvalue weighted by Gasteiger charge is -2.21. The summed E-state index contributed by atoms with van der Waals surface area (Å²) in [4.78, 5) is 11.6. The lowest BCUT2D eigenvalue weighted by atomic mass is 10.3. The summed E-state index contributed by atoms with van der Waals surface area (Å²) in [6, 6.07) is 6.32. The molecule has 0 saturated heterocycles. The minimum atomic E-state index is -3.46. The van der Waals surface area contributed by atoms with Crippen LogP contribution in [0.2, 0.25) is 0 Å². The van der Waals surface area contributed by atoms with E-state index in [1.165, 1.54) is 4.31 Å². The van der Waals surface area contributed by atoms with Crippen molar-refractivity contribution in [2.24, 2.45) is 0 Å². The lowest BCUT2D eigenvalue weighted by molar-refractivity contribution is -0.115. The van der Waals surface area contributed by atoms with Crippen molar-refractivity contribution in [3.8, 4) is 0 Å². The predicted molar refractivity (Wildman–Crippen MR) is 84.7 cm³/mol. The second-order valence-electron chi connectivity index (χ2n) is 4.83. The van der Waals surface area contributed by atoms with Gasteiger partial charge in [0.2, 0.25) is 15.9 Å². The number of nitrogens with zero attached hydrogens (tertiary/aromatic N) is 1. The van der Waals surface area contributed by atoms with Crippen molar-refractivity contribution >= 4 is 21.6 Å². The zero-order chi connectivity index (χ0) is 15.9. The number of nitrogens with one attached hydrogen (secondary N) is 1. The van der Waals surface area contributed by atoms with E-state index in [-0.39, 0.29) is 10.8 Å². The summed E-state index contributed by atoms with van der Waals surface area (Å²) < 4.78 is 26.6. The van der Waals surface area contributed by atoms with Crippen LogP contribution in [0.15, 0.2) is 29.2 Å². The van der Waals surface area contributed by atoms with Crippen LogP contribution in [0.4, 0.5) is 5.69 Å². The summed E-state index contributed by atoms with van der Waals surface area (Å²) in [5.41, 5.74) is 0.610. The van der Waals surface area contributed by atoms with Crippen molar-refractivity contribution in [1.29, 1.82) is 0 Å². The molecule has 1 rings (SSSR count). The van der Waals surface area contributed by atoms with Gasteiger partial charge in [0.15, 0.2) is 0 Å². The number of amides is 1. The molecule has 1 N–H and O–H groups in total. The first-order valence-corrected chi connectivity index (χ1v) is 8.79. The summed E-state index contributed by atoms with van der Waals surface area (Å²) >= 11 is 0. The second-order valence-corrected chi connectivity index (χ2v) is 6.77. The molecule has 0 aliphatic rings. The molecular formula is C15H24N2O3S. The standard InChI is InChI=1S/C15H24N2O3S/c1-4-11-17(12-5-2)21(19,20)14-9-7-13(8-10-14)16-15(18)6-3/h7-10H,4-6,11-12H2,1-3H3,(H,16,18). The van der Waals surface area contributed by atoms with Gasteiger partial charge >= 0.3 is 0 Å². The minimum Gasteiger partial charge on any atom is -0.326 e. The fraction of sp³-hybridized carbons (Fsp3) is 0.533. The molecule has 0 unspecified atom stereocenters. The highest BCUT2D eigenvalue weighted by Gasteiger charge is 2.22. The zero-order valence-corrected chi connectivity index (χ0v) is 13.7. The molecule has 0 aliphatic carbocycles. The Morgan fingerprint density at radius 3 is 2.00 bits per heavy atom. The van der Waals surface area contributed by atoms with E-state index >= 15 is 0 Å². The van der Waals surface area contributed by atoms with E-state index in [4.69, 9.17) is 0 Å². The van der Waals surface area contributed by atoms with Gasteiger partial charge in [0.1, 0.15) is 0 Å². The number of benzene rings is 1. The molecule has 0 heterocycles. The van der Waals surface area contributed by atoms with Crippen molar-refractivity contribution in [3.05, 3.63) is 24.3 Å². The smallest absolute Gasteiger partial charge is 0.243 e. The number of rotatable bonds is 8. The van der Waals surface area contributed by atoms with E-state index in [0.29, 0.717) is 25.2 Å². The van der Waals surface area contributed by atoms with Crippen molar-refractivity contribution in [1.82, 2.24) is 4.31 Å². The van der Waals surface area contributed by atoms with Crippen LogP contribution in [0.5, 0.6) is 0 Å².